The minimum absolute atomic E-state index is 0.108. The maximum absolute atomic E-state index is 11.6. The highest BCUT2D eigenvalue weighted by Gasteiger charge is 2.12. The van der Waals surface area contributed by atoms with E-state index in [1.807, 2.05) is 6.92 Å². The number of hydrogen-bond acceptors (Lipinski definition) is 7. The minimum Gasteiger partial charge on any atom is -0.510 e. The van der Waals surface area contributed by atoms with Crippen LogP contribution < -0.4 is 10.5 Å². The number of para-hydroxylation sites is 1. The van der Waals surface area contributed by atoms with Crippen molar-refractivity contribution in [2.24, 2.45) is 21.9 Å². The Morgan fingerprint density at radius 2 is 1.96 bits per heavy atom. The van der Waals surface area contributed by atoms with Gasteiger partial charge < -0.3 is 20.3 Å². The van der Waals surface area contributed by atoms with Gasteiger partial charge in [-0.3, -0.25) is 9.59 Å². The maximum atomic E-state index is 11.6. The normalized spacial score (nSPS) is 13.2. The molecule has 1 rings (SSSR count). The van der Waals surface area contributed by atoms with Crippen LogP contribution in [0.2, 0.25) is 0 Å². The van der Waals surface area contributed by atoms with Gasteiger partial charge in [-0.1, -0.05) is 26.0 Å². The maximum Gasteiger partial charge on any atom is 0.308 e. The van der Waals surface area contributed by atoms with E-state index in [1.165, 1.54) is 6.92 Å². The number of benzene rings is 1. The van der Waals surface area contributed by atoms with E-state index in [0.717, 1.165) is 0 Å². The summed E-state index contributed by atoms with van der Waals surface area (Å²) in [7, 11) is 0. The van der Waals surface area contributed by atoms with Crippen molar-refractivity contribution in [3.05, 3.63) is 35.7 Å². The number of ether oxygens (including phenoxy) is 2. The van der Waals surface area contributed by atoms with Crippen LogP contribution in [0.25, 0.3) is 0 Å². The van der Waals surface area contributed by atoms with Gasteiger partial charge in [-0.2, -0.15) is 0 Å². The molecule has 1 aromatic carbocycles. The molecule has 3 N–H and O–H groups in total. The van der Waals surface area contributed by atoms with E-state index in [0.29, 0.717) is 17.9 Å². The van der Waals surface area contributed by atoms with Crippen molar-refractivity contribution in [3.63, 3.8) is 0 Å². The van der Waals surface area contributed by atoms with E-state index in [9.17, 15) is 14.7 Å². The van der Waals surface area contributed by atoms with Crippen molar-refractivity contribution in [2.45, 2.75) is 27.2 Å². The van der Waals surface area contributed by atoms with Gasteiger partial charge in [0, 0.05) is 0 Å². The molecule has 0 aromatic heterocycles. The van der Waals surface area contributed by atoms with Gasteiger partial charge in [0.2, 0.25) is 0 Å². The molecule has 8 heteroatoms. The molecule has 0 aliphatic carbocycles. The lowest BCUT2D eigenvalue weighted by molar-refractivity contribution is -0.148. The summed E-state index contributed by atoms with van der Waals surface area (Å²) in [5.41, 5.74) is 5.12. The van der Waals surface area contributed by atoms with Crippen molar-refractivity contribution >= 4 is 17.6 Å². The van der Waals surface area contributed by atoms with Crippen molar-refractivity contribution in [1.29, 1.82) is 0 Å². The number of aliphatic hydroxyl groups excluding tert-OH is 1. The standard InChI is InChI=1S/C17H23N3O5/c1-4-11(2)17(23)25-10-9-24-14-8-6-5-7-13(14)19-20-15(12(3)21)16(18)22/h5-8,11,21H,4,9-10H2,1-3H3,(H2,18,22)/b15-12+,20-19?/t11-/m0/s1. The van der Waals surface area contributed by atoms with Gasteiger partial charge in [-0.25, -0.2) is 0 Å². The molecule has 1 amide bonds. The van der Waals surface area contributed by atoms with Gasteiger partial charge in [0.05, 0.1) is 5.92 Å². The van der Waals surface area contributed by atoms with E-state index in [-0.39, 0.29) is 36.6 Å². The van der Waals surface area contributed by atoms with Crippen molar-refractivity contribution < 1.29 is 24.2 Å². The first-order chi connectivity index (χ1) is 11.9. The summed E-state index contributed by atoms with van der Waals surface area (Å²) in [6.07, 6.45) is 0.711. The van der Waals surface area contributed by atoms with Crippen LogP contribution in [0.15, 0.2) is 46.0 Å². The monoisotopic (exact) mass is 349 g/mol. The summed E-state index contributed by atoms with van der Waals surface area (Å²) >= 11 is 0. The lowest BCUT2D eigenvalue weighted by Gasteiger charge is -2.11. The number of azo groups is 1. The van der Waals surface area contributed by atoms with Gasteiger partial charge >= 0.3 is 5.97 Å². The molecular weight excluding hydrogens is 326 g/mol. The van der Waals surface area contributed by atoms with Crippen LogP contribution in [0, 0.1) is 5.92 Å². The van der Waals surface area contributed by atoms with Crippen LogP contribution in [0.4, 0.5) is 5.69 Å². The molecule has 136 valence electrons. The molecule has 0 aliphatic heterocycles. The molecule has 0 bridgehead atoms. The van der Waals surface area contributed by atoms with E-state index < -0.39 is 5.91 Å². The molecule has 25 heavy (non-hydrogen) atoms. The van der Waals surface area contributed by atoms with Gasteiger partial charge in [0.25, 0.3) is 5.91 Å². The number of primary amides is 1. The number of amides is 1. The Morgan fingerprint density at radius 1 is 1.28 bits per heavy atom. The fourth-order valence-electron chi connectivity index (χ4n) is 1.67. The zero-order chi connectivity index (χ0) is 18.8. The predicted octanol–water partition coefficient (Wildman–Crippen LogP) is 3.01. The second-order valence-corrected chi connectivity index (χ2v) is 5.29. The van der Waals surface area contributed by atoms with Crippen LogP contribution in [-0.4, -0.2) is 30.2 Å². The molecule has 0 unspecified atom stereocenters. The predicted molar refractivity (Wildman–Crippen MR) is 91.4 cm³/mol. The average Bonchev–Trinajstić information content (AvgIpc) is 2.58. The highest BCUT2D eigenvalue weighted by Crippen LogP contribution is 2.27. The van der Waals surface area contributed by atoms with Crippen LogP contribution in [0.3, 0.4) is 0 Å². The molecule has 1 atom stereocenters. The Bertz CT molecular complexity index is 666. The Labute approximate surface area is 146 Å². The molecule has 0 heterocycles. The van der Waals surface area contributed by atoms with Crippen molar-refractivity contribution in [1.82, 2.24) is 0 Å². The number of nitrogens with zero attached hydrogens (tertiary/aromatic N) is 2. The largest absolute Gasteiger partial charge is 0.510 e. The highest BCUT2D eigenvalue weighted by atomic mass is 16.6. The lowest BCUT2D eigenvalue weighted by atomic mass is 10.1. The summed E-state index contributed by atoms with van der Waals surface area (Å²) in [5, 5.41) is 16.9. The highest BCUT2D eigenvalue weighted by molar-refractivity contribution is 5.91. The topological polar surface area (TPSA) is 124 Å². The summed E-state index contributed by atoms with van der Waals surface area (Å²) in [6.45, 7) is 5.24. The Morgan fingerprint density at radius 3 is 2.56 bits per heavy atom. The fraction of sp³-hybridized carbons (Fsp3) is 0.412. The number of nitrogens with two attached hydrogens (primary N) is 1. The molecule has 0 saturated heterocycles. The van der Waals surface area contributed by atoms with Crippen LogP contribution in [-0.2, 0) is 14.3 Å². The number of hydrogen-bond donors (Lipinski definition) is 2. The summed E-state index contributed by atoms with van der Waals surface area (Å²) in [4.78, 5) is 22.7. The number of rotatable bonds is 9. The Hall–Kier alpha value is -2.90. The first-order valence-corrected chi connectivity index (χ1v) is 7.86. The lowest BCUT2D eigenvalue weighted by Crippen LogP contribution is -2.17. The van der Waals surface area contributed by atoms with E-state index in [2.05, 4.69) is 10.2 Å². The first kappa shape index (κ1) is 20.1. The third-order valence-corrected chi connectivity index (χ3v) is 3.30. The number of esters is 1. The smallest absolute Gasteiger partial charge is 0.308 e. The molecule has 0 saturated carbocycles. The first-order valence-electron chi connectivity index (χ1n) is 7.86. The third-order valence-electron chi connectivity index (χ3n) is 3.30. The summed E-state index contributed by atoms with van der Waals surface area (Å²) < 4.78 is 10.6. The average molecular weight is 349 g/mol. The van der Waals surface area contributed by atoms with Gasteiger partial charge in [0.15, 0.2) is 5.70 Å². The number of allylic oxidation sites excluding steroid dienone is 1. The van der Waals surface area contributed by atoms with Gasteiger partial charge in [-0.05, 0) is 25.5 Å². The number of carbonyl (C=O) groups is 2. The number of aliphatic hydroxyl groups is 1. The van der Waals surface area contributed by atoms with Crippen LogP contribution >= 0.6 is 0 Å². The van der Waals surface area contributed by atoms with Crippen LogP contribution in [0.1, 0.15) is 27.2 Å². The van der Waals surface area contributed by atoms with Crippen molar-refractivity contribution in [3.8, 4) is 5.75 Å². The van der Waals surface area contributed by atoms with Crippen molar-refractivity contribution in [2.75, 3.05) is 13.2 Å². The van der Waals surface area contributed by atoms with E-state index in [1.54, 1.807) is 31.2 Å². The van der Waals surface area contributed by atoms with Gasteiger partial charge in [0.1, 0.15) is 30.4 Å². The molecule has 0 fully saturated rings. The fourth-order valence-corrected chi connectivity index (χ4v) is 1.67. The zero-order valence-corrected chi connectivity index (χ0v) is 14.6. The second kappa shape index (κ2) is 10.1. The Kier molecular flexibility index (Phi) is 8.11. The minimum atomic E-state index is -0.890. The van der Waals surface area contributed by atoms with E-state index in [4.69, 9.17) is 15.2 Å². The SMILES string of the molecule is CC[C@H](C)C(=O)OCCOc1ccccc1N=N/C(C(N)=O)=C(\C)O. The molecule has 0 radical (unpaired) electrons. The molecular formula is C17H23N3O5. The third kappa shape index (κ3) is 6.62. The zero-order valence-electron chi connectivity index (χ0n) is 14.6. The molecule has 0 spiro atoms. The van der Waals surface area contributed by atoms with E-state index >= 15 is 0 Å². The molecule has 0 aliphatic rings. The van der Waals surface area contributed by atoms with Gasteiger partial charge in [-0.15, -0.1) is 10.2 Å². The second-order valence-electron chi connectivity index (χ2n) is 5.29. The molecule has 8 nitrogen and oxygen atoms in total. The molecule has 1 aromatic rings. The number of carbonyl (C=O) groups excluding carboxylic acids is 2. The van der Waals surface area contributed by atoms with Crippen LogP contribution in [0.5, 0.6) is 5.75 Å². The quantitative estimate of drug-likeness (QED) is 0.233. The summed E-state index contributed by atoms with van der Waals surface area (Å²) in [6, 6.07) is 6.73. The Balaban J connectivity index is 2.70. The summed E-state index contributed by atoms with van der Waals surface area (Å²) in [5.74, 6) is -1.24.